The predicted molar refractivity (Wildman–Crippen MR) is 70.7 cm³/mol. The van der Waals surface area contributed by atoms with Gasteiger partial charge in [0.05, 0.1) is 0 Å². The lowest BCUT2D eigenvalue weighted by atomic mass is 9.97. The van der Waals surface area contributed by atoms with Gasteiger partial charge in [0.2, 0.25) is 0 Å². The number of nitrogens with zero attached hydrogens (tertiary/aromatic N) is 1. The Kier molecular flexibility index (Phi) is 4.10. The van der Waals surface area contributed by atoms with Crippen molar-refractivity contribution in [3.8, 4) is 0 Å². The van der Waals surface area contributed by atoms with Gasteiger partial charge < -0.3 is 5.32 Å². The first kappa shape index (κ1) is 12.9. The second kappa shape index (κ2) is 4.77. The Hall–Kier alpha value is -0.180. The van der Waals surface area contributed by atoms with E-state index >= 15 is 0 Å². The molecule has 0 aromatic heterocycles. The molecule has 0 unspecified atom stereocenters. The van der Waals surface area contributed by atoms with Crippen molar-refractivity contribution in [3.63, 3.8) is 0 Å². The van der Waals surface area contributed by atoms with Crippen LogP contribution in [-0.2, 0) is 0 Å². The fourth-order valence-electron chi connectivity index (χ4n) is 1.69. The maximum Gasteiger partial charge on any atom is 0.156 e. The molecular weight excluding hydrogens is 204 g/mol. The van der Waals surface area contributed by atoms with Crippen molar-refractivity contribution in [2.75, 3.05) is 12.3 Å². The average molecular weight is 228 g/mol. The highest BCUT2D eigenvalue weighted by molar-refractivity contribution is 8.13. The molecular formula is C12H24N2S. The zero-order chi connectivity index (χ0) is 11.5. The third-order valence-corrected chi connectivity index (χ3v) is 4.00. The van der Waals surface area contributed by atoms with E-state index < -0.39 is 0 Å². The normalized spacial score (nSPS) is 21.0. The molecule has 1 aliphatic rings. The summed E-state index contributed by atoms with van der Waals surface area (Å²) < 4.78 is 0. The van der Waals surface area contributed by atoms with Crippen molar-refractivity contribution in [2.24, 2.45) is 10.4 Å². The number of aliphatic imine (C=N–C) groups is 1. The first-order valence-corrected chi connectivity index (χ1v) is 6.79. The number of amidine groups is 1. The van der Waals surface area contributed by atoms with Crippen molar-refractivity contribution in [3.05, 3.63) is 0 Å². The van der Waals surface area contributed by atoms with Gasteiger partial charge in [0.15, 0.2) is 5.17 Å². The third-order valence-electron chi connectivity index (χ3n) is 2.57. The van der Waals surface area contributed by atoms with Gasteiger partial charge >= 0.3 is 0 Å². The standard InChI is InChI=1S/C12H24N2S/c1-6-7-12(4,5)14-10-13-8-11(2,3)9-15-10/h6-9H2,1-5H3,(H,13,14). The van der Waals surface area contributed by atoms with Crippen LogP contribution < -0.4 is 5.32 Å². The molecule has 1 heterocycles. The number of rotatable bonds is 3. The molecule has 88 valence electrons. The lowest BCUT2D eigenvalue weighted by Gasteiger charge is -2.32. The van der Waals surface area contributed by atoms with E-state index in [2.05, 4.69) is 44.9 Å². The van der Waals surface area contributed by atoms with E-state index in [0.717, 1.165) is 11.7 Å². The lowest BCUT2D eigenvalue weighted by Crippen LogP contribution is -2.44. The van der Waals surface area contributed by atoms with E-state index in [1.165, 1.54) is 18.6 Å². The molecule has 2 nitrogen and oxygen atoms in total. The van der Waals surface area contributed by atoms with Crippen LogP contribution in [0.2, 0.25) is 0 Å². The third kappa shape index (κ3) is 4.45. The van der Waals surface area contributed by atoms with Gasteiger partial charge in [0.25, 0.3) is 0 Å². The summed E-state index contributed by atoms with van der Waals surface area (Å²) in [6, 6.07) is 0. The molecule has 0 aromatic rings. The van der Waals surface area contributed by atoms with Crippen LogP contribution in [0.3, 0.4) is 0 Å². The minimum Gasteiger partial charge on any atom is -0.360 e. The predicted octanol–water partition coefficient (Wildman–Crippen LogP) is 3.28. The summed E-state index contributed by atoms with van der Waals surface area (Å²) in [4.78, 5) is 4.62. The van der Waals surface area contributed by atoms with Crippen molar-refractivity contribution >= 4 is 16.9 Å². The van der Waals surface area contributed by atoms with E-state index in [-0.39, 0.29) is 5.54 Å². The smallest absolute Gasteiger partial charge is 0.156 e. The highest BCUT2D eigenvalue weighted by Crippen LogP contribution is 2.28. The van der Waals surface area contributed by atoms with Crippen LogP contribution in [0, 0.1) is 5.41 Å². The SMILES string of the molecule is CCCC(C)(C)NC1=NCC(C)(C)CS1. The van der Waals surface area contributed by atoms with Gasteiger partial charge in [-0.25, -0.2) is 0 Å². The summed E-state index contributed by atoms with van der Waals surface area (Å²) in [5, 5.41) is 4.68. The number of thioether (sulfide) groups is 1. The Morgan fingerprint density at radius 3 is 2.60 bits per heavy atom. The van der Waals surface area contributed by atoms with Crippen LogP contribution >= 0.6 is 11.8 Å². The zero-order valence-electron chi connectivity index (χ0n) is 10.7. The lowest BCUT2D eigenvalue weighted by molar-refractivity contribution is 0.411. The Morgan fingerprint density at radius 2 is 2.13 bits per heavy atom. The quantitative estimate of drug-likeness (QED) is 0.801. The largest absolute Gasteiger partial charge is 0.360 e. The second-order valence-corrected chi connectivity index (χ2v) is 6.80. The van der Waals surface area contributed by atoms with E-state index in [9.17, 15) is 0 Å². The minimum absolute atomic E-state index is 0.183. The number of hydrogen-bond acceptors (Lipinski definition) is 3. The molecule has 1 aliphatic heterocycles. The van der Waals surface area contributed by atoms with Gasteiger partial charge in [0.1, 0.15) is 0 Å². The zero-order valence-corrected chi connectivity index (χ0v) is 11.5. The summed E-state index contributed by atoms with van der Waals surface area (Å²) in [5.74, 6) is 1.17. The van der Waals surface area contributed by atoms with E-state index in [4.69, 9.17) is 0 Å². The van der Waals surface area contributed by atoms with Crippen LogP contribution in [0.1, 0.15) is 47.5 Å². The molecule has 0 spiro atoms. The summed E-state index contributed by atoms with van der Waals surface area (Å²) in [7, 11) is 0. The van der Waals surface area contributed by atoms with E-state index in [1.807, 2.05) is 11.8 Å². The second-order valence-electron chi connectivity index (χ2n) is 5.83. The Bertz CT molecular complexity index is 244. The topological polar surface area (TPSA) is 24.4 Å². The average Bonchev–Trinajstić information content (AvgIpc) is 2.08. The summed E-state index contributed by atoms with van der Waals surface area (Å²) in [6.45, 7) is 12.2. The molecule has 3 heteroatoms. The maximum absolute atomic E-state index is 4.62. The van der Waals surface area contributed by atoms with E-state index in [1.54, 1.807) is 0 Å². The van der Waals surface area contributed by atoms with Crippen LogP contribution in [0.4, 0.5) is 0 Å². The number of hydrogen-bond donors (Lipinski definition) is 1. The summed E-state index contributed by atoms with van der Waals surface area (Å²) in [5.41, 5.74) is 0.548. The van der Waals surface area contributed by atoms with E-state index in [0.29, 0.717) is 5.41 Å². The molecule has 15 heavy (non-hydrogen) atoms. The summed E-state index contributed by atoms with van der Waals surface area (Å²) >= 11 is 1.86. The van der Waals surface area contributed by atoms with Crippen LogP contribution in [0.15, 0.2) is 4.99 Å². The first-order valence-electron chi connectivity index (χ1n) is 5.80. The molecule has 0 aromatic carbocycles. The monoisotopic (exact) mass is 228 g/mol. The van der Waals surface area contributed by atoms with Crippen molar-refractivity contribution < 1.29 is 0 Å². The molecule has 0 aliphatic carbocycles. The summed E-state index contributed by atoms with van der Waals surface area (Å²) in [6.07, 6.45) is 2.40. The van der Waals surface area contributed by atoms with Gasteiger partial charge in [-0.15, -0.1) is 0 Å². The van der Waals surface area contributed by atoms with Gasteiger partial charge in [-0.3, -0.25) is 4.99 Å². The molecule has 0 atom stereocenters. The van der Waals surface area contributed by atoms with Crippen LogP contribution in [0.25, 0.3) is 0 Å². The van der Waals surface area contributed by atoms with Gasteiger partial charge in [-0.1, -0.05) is 39.0 Å². The van der Waals surface area contributed by atoms with Crippen molar-refractivity contribution in [1.82, 2.24) is 5.32 Å². The van der Waals surface area contributed by atoms with Crippen LogP contribution in [0.5, 0.6) is 0 Å². The van der Waals surface area contributed by atoms with Crippen molar-refractivity contribution in [1.29, 1.82) is 0 Å². The molecule has 0 fully saturated rings. The highest BCUT2D eigenvalue weighted by Gasteiger charge is 2.26. The maximum atomic E-state index is 4.62. The van der Waals surface area contributed by atoms with Crippen LogP contribution in [-0.4, -0.2) is 23.0 Å². The molecule has 0 saturated heterocycles. The number of nitrogens with one attached hydrogen (secondary N) is 1. The molecule has 1 rings (SSSR count). The van der Waals surface area contributed by atoms with Crippen molar-refractivity contribution in [2.45, 2.75) is 53.0 Å². The first-order chi connectivity index (χ1) is 6.85. The van der Waals surface area contributed by atoms with Gasteiger partial charge in [-0.2, -0.15) is 0 Å². The highest BCUT2D eigenvalue weighted by atomic mass is 32.2. The molecule has 0 saturated carbocycles. The Labute approximate surface area is 98.3 Å². The van der Waals surface area contributed by atoms with Gasteiger partial charge in [0, 0.05) is 17.8 Å². The fourth-order valence-corrected chi connectivity index (χ4v) is 2.82. The molecule has 0 radical (unpaired) electrons. The fraction of sp³-hybridized carbons (Fsp3) is 0.917. The molecule has 0 amide bonds. The Balaban J connectivity index is 2.50. The Morgan fingerprint density at radius 1 is 1.47 bits per heavy atom. The molecule has 0 bridgehead atoms. The molecule has 1 N–H and O–H groups in total. The minimum atomic E-state index is 0.183. The van der Waals surface area contributed by atoms with Gasteiger partial charge in [-0.05, 0) is 25.7 Å².